The van der Waals surface area contributed by atoms with Crippen molar-refractivity contribution < 1.29 is 9.53 Å². The predicted molar refractivity (Wildman–Crippen MR) is 85.5 cm³/mol. The molecule has 0 saturated carbocycles. The van der Waals surface area contributed by atoms with Crippen LogP contribution in [0.5, 0.6) is 0 Å². The Morgan fingerprint density at radius 1 is 1.14 bits per heavy atom. The second kappa shape index (κ2) is 7.63. The number of carbonyl (C=O) groups is 1. The number of carbonyl (C=O) groups excluding carboxylic acids is 1. The van der Waals surface area contributed by atoms with E-state index in [4.69, 9.17) is 16.3 Å². The number of nitrogens with zero attached hydrogens (tertiary/aromatic N) is 1. The molecule has 2 atom stereocenters. The standard InChI is InChI=1S/C18H16ClNO2/c1-2-22-18(21)16(12-20)17(13-6-4-3-5-7-13)14-8-10-15(19)11-9-14/h3-11,16-17H,2H2,1H3. The fourth-order valence-electron chi connectivity index (χ4n) is 2.40. The van der Waals surface area contributed by atoms with Gasteiger partial charge in [0.25, 0.3) is 0 Å². The number of esters is 1. The minimum Gasteiger partial charge on any atom is -0.465 e. The van der Waals surface area contributed by atoms with Crippen molar-refractivity contribution in [2.45, 2.75) is 12.8 Å². The van der Waals surface area contributed by atoms with Gasteiger partial charge in [0.1, 0.15) is 0 Å². The third-order valence-electron chi connectivity index (χ3n) is 3.40. The molecule has 0 aliphatic carbocycles. The molecule has 0 aromatic heterocycles. The number of hydrogen-bond donors (Lipinski definition) is 0. The summed E-state index contributed by atoms with van der Waals surface area (Å²) >= 11 is 5.93. The molecule has 0 saturated heterocycles. The summed E-state index contributed by atoms with van der Waals surface area (Å²) in [6.45, 7) is 1.98. The first kappa shape index (κ1) is 16.1. The van der Waals surface area contributed by atoms with Gasteiger partial charge in [-0.2, -0.15) is 5.26 Å². The van der Waals surface area contributed by atoms with Gasteiger partial charge < -0.3 is 4.74 Å². The highest BCUT2D eigenvalue weighted by molar-refractivity contribution is 6.30. The summed E-state index contributed by atoms with van der Waals surface area (Å²) in [5.74, 6) is -1.79. The summed E-state index contributed by atoms with van der Waals surface area (Å²) < 4.78 is 5.06. The predicted octanol–water partition coefficient (Wildman–Crippen LogP) is 4.17. The first-order valence-electron chi connectivity index (χ1n) is 7.04. The van der Waals surface area contributed by atoms with Gasteiger partial charge in [0.05, 0.1) is 12.7 Å². The van der Waals surface area contributed by atoms with E-state index in [2.05, 4.69) is 6.07 Å². The highest BCUT2D eigenvalue weighted by Gasteiger charge is 2.32. The molecule has 112 valence electrons. The zero-order chi connectivity index (χ0) is 15.9. The van der Waals surface area contributed by atoms with Crippen LogP contribution in [0, 0.1) is 17.2 Å². The summed E-state index contributed by atoms with van der Waals surface area (Å²) in [5, 5.41) is 10.1. The van der Waals surface area contributed by atoms with Crippen molar-refractivity contribution in [3.8, 4) is 6.07 Å². The van der Waals surface area contributed by atoms with Crippen LogP contribution in [0.25, 0.3) is 0 Å². The average Bonchev–Trinajstić information content (AvgIpc) is 2.54. The smallest absolute Gasteiger partial charge is 0.324 e. The van der Waals surface area contributed by atoms with Crippen LogP contribution in [-0.4, -0.2) is 12.6 Å². The highest BCUT2D eigenvalue weighted by atomic mass is 35.5. The maximum Gasteiger partial charge on any atom is 0.324 e. The Morgan fingerprint density at radius 2 is 1.73 bits per heavy atom. The van der Waals surface area contributed by atoms with Gasteiger partial charge in [-0.3, -0.25) is 4.79 Å². The van der Waals surface area contributed by atoms with E-state index < -0.39 is 11.9 Å². The quantitative estimate of drug-likeness (QED) is 0.778. The van der Waals surface area contributed by atoms with Crippen LogP contribution in [-0.2, 0) is 9.53 Å². The highest BCUT2D eigenvalue weighted by Crippen LogP contribution is 2.33. The van der Waals surface area contributed by atoms with Gasteiger partial charge in [-0.1, -0.05) is 54.1 Å². The third kappa shape index (κ3) is 3.66. The SMILES string of the molecule is CCOC(=O)C(C#N)C(c1ccccc1)c1ccc(Cl)cc1. The van der Waals surface area contributed by atoms with E-state index in [0.717, 1.165) is 11.1 Å². The molecule has 0 fully saturated rings. The van der Waals surface area contributed by atoms with Gasteiger partial charge >= 0.3 is 5.97 Å². The van der Waals surface area contributed by atoms with Gasteiger partial charge in [-0.05, 0) is 30.2 Å². The van der Waals surface area contributed by atoms with Crippen molar-refractivity contribution in [3.63, 3.8) is 0 Å². The first-order chi connectivity index (χ1) is 10.7. The van der Waals surface area contributed by atoms with Crippen LogP contribution in [0.4, 0.5) is 0 Å². The second-order valence-corrected chi connectivity index (χ2v) is 5.24. The fraction of sp³-hybridized carbons (Fsp3) is 0.222. The van der Waals surface area contributed by atoms with Gasteiger partial charge in [0, 0.05) is 10.9 Å². The molecule has 0 bridgehead atoms. The van der Waals surface area contributed by atoms with E-state index in [1.54, 1.807) is 19.1 Å². The minimum atomic E-state index is -0.900. The van der Waals surface area contributed by atoms with E-state index >= 15 is 0 Å². The van der Waals surface area contributed by atoms with E-state index in [1.165, 1.54) is 0 Å². The van der Waals surface area contributed by atoms with E-state index in [-0.39, 0.29) is 12.5 Å². The van der Waals surface area contributed by atoms with Crippen LogP contribution in [0.15, 0.2) is 54.6 Å². The van der Waals surface area contributed by atoms with E-state index in [1.807, 2.05) is 42.5 Å². The third-order valence-corrected chi connectivity index (χ3v) is 3.65. The molecule has 0 N–H and O–H groups in total. The Balaban J connectivity index is 2.48. The summed E-state index contributed by atoms with van der Waals surface area (Å²) in [4.78, 5) is 12.2. The lowest BCUT2D eigenvalue weighted by molar-refractivity contribution is -0.146. The van der Waals surface area contributed by atoms with Crippen LogP contribution in [0.3, 0.4) is 0 Å². The van der Waals surface area contributed by atoms with E-state index in [0.29, 0.717) is 5.02 Å². The maximum absolute atomic E-state index is 12.2. The van der Waals surface area contributed by atoms with Gasteiger partial charge in [0.15, 0.2) is 5.92 Å². The normalized spacial score (nSPS) is 13.0. The lowest BCUT2D eigenvalue weighted by Crippen LogP contribution is -2.24. The van der Waals surface area contributed by atoms with Crippen molar-refractivity contribution in [2.75, 3.05) is 6.61 Å². The Hall–Kier alpha value is -2.31. The molecule has 2 aromatic carbocycles. The number of rotatable bonds is 5. The molecular formula is C18H16ClNO2. The minimum absolute atomic E-state index is 0.249. The van der Waals surface area contributed by atoms with Crippen molar-refractivity contribution in [2.24, 2.45) is 5.92 Å². The average molecular weight is 314 g/mol. The molecule has 0 aliphatic rings. The van der Waals surface area contributed by atoms with Crippen LogP contribution >= 0.6 is 11.6 Å². The Labute approximate surface area is 135 Å². The number of benzene rings is 2. The van der Waals surface area contributed by atoms with Crippen molar-refractivity contribution >= 4 is 17.6 Å². The maximum atomic E-state index is 12.2. The largest absolute Gasteiger partial charge is 0.465 e. The van der Waals surface area contributed by atoms with Crippen LogP contribution < -0.4 is 0 Å². The zero-order valence-electron chi connectivity index (χ0n) is 12.2. The lowest BCUT2D eigenvalue weighted by Gasteiger charge is -2.22. The van der Waals surface area contributed by atoms with E-state index in [9.17, 15) is 10.1 Å². The van der Waals surface area contributed by atoms with Gasteiger partial charge in [0.2, 0.25) is 0 Å². The monoisotopic (exact) mass is 313 g/mol. The molecule has 0 radical (unpaired) electrons. The van der Waals surface area contributed by atoms with Crippen molar-refractivity contribution in [1.82, 2.24) is 0 Å². The van der Waals surface area contributed by atoms with Gasteiger partial charge in [-0.25, -0.2) is 0 Å². The lowest BCUT2D eigenvalue weighted by atomic mass is 9.81. The second-order valence-electron chi connectivity index (χ2n) is 4.80. The first-order valence-corrected chi connectivity index (χ1v) is 7.41. The number of nitriles is 1. The molecule has 0 amide bonds. The van der Waals surface area contributed by atoms with Gasteiger partial charge in [-0.15, -0.1) is 0 Å². The molecule has 2 unspecified atom stereocenters. The number of halogens is 1. The molecule has 4 heteroatoms. The molecule has 0 aliphatic heterocycles. The summed E-state index contributed by atoms with van der Waals surface area (Å²) in [6.07, 6.45) is 0. The molecule has 2 rings (SSSR count). The van der Waals surface area contributed by atoms with Crippen LogP contribution in [0.1, 0.15) is 24.0 Å². The Kier molecular flexibility index (Phi) is 5.57. The Bertz CT molecular complexity index is 662. The molecule has 2 aromatic rings. The molecule has 0 heterocycles. The van der Waals surface area contributed by atoms with Crippen molar-refractivity contribution in [3.05, 3.63) is 70.7 Å². The zero-order valence-corrected chi connectivity index (χ0v) is 13.0. The summed E-state index contributed by atoms with van der Waals surface area (Å²) in [6, 6.07) is 18.8. The summed E-state index contributed by atoms with van der Waals surface area (Å²) in [7, 11) is 0. The number of ether oxygens (including phenoxy) is 1. The Morgan fingerprint density at radius 3 is 2.27 bits per heavy atom. The summed E-state index contributed by atoms with van der Waals surface area (Å²) in [5.41, 5.74) is 1.75. The number of hydrogen-bond acceptors (Lipinski definition) is 3. The topological polar surface area (TPSA) is 50.1 Å². The molecule has 22 heavy (non-hydrogen) atoms. The van der Waals surface area contributed by atoms with Crippen molar-refractivity contribution in [1.29, 1.82) is 5.26 Å². The molecule has 3 nitrogen and oxygen atoms in total. The molecule has 0 spiro atoms. The van der Waals surface area contributed by atoms with Crippen LogP contribution in [0.2, 0.25) is 5.02 Å². The fourth-order valence-corrected chi connectivity index (χ4v) is 2.53. The molecular weight excluding hydrogens is 298 g/mol.